The van der Waals surface area contributed by atoms with E-state index < -0.39 is 0 Å². The molecule has 0 spiro atoms. The van der Waals surface area contributed by atoms with Crippen molar-refractivity contribution in [2.24, 2.45) is 11.3 Å². The molecule has 2 fully saturated rings. The molecule has 0 aromatic carbocycles. The largest absolute Gasteiger partial charge is 0.316 e. The third-order valence-corrected chi connectivity index (χ3v) is 6.20. The van der Waals surface area contributed by atoms with Crippen LogP contribution in [0.15, 0.2) is 0 Å². The third-order valence-electron chi connectivity index (χ3n) is 6.20. The first kappa shape index (κ1) is 17.3. The van der Waals surface area contributed by atoms with Crippen molar-refractivity contribution in [2.75, 3.05) is 13.1 Å². The van der Waals surface area contributed by atoms with Gasteiger partial charge < -0.3 is 5.32 Å². The lowest BCUT2D eigenvalue weighted by molar-refractivity contribution is 0.0665. The van der Waals surface area contributed by atoms with Crippen LogP contribution in [0.1, 0.15) is 103 Å². The van der Waals surface area contributed by atoms with Crippen LogP contribution in [0.3, 0.4) is 0 Å². The molecule has 0 aromatic heterocycles. The molecule has 124 valence electrons. The van der Waals surface area contributed by atoms with E-state index in [1.165, 1.54) is 109 Å². The van der Waals surface area contributed by atoms with E-state index >= 15 is 0 Å². The van der Waals surface area contributed by atoms with E-state index in [1.807, 2.05) is 0 Å². The van der Waals surface area contributed by atoms with Gasteiger partial charge in [0, 0.05) is 13.1 Å². The number of hydrogen-bond donors (Lipinski definition) is 1. The number of nitrogens with one attached hydrogen (secondary N) is 1. The van der Waals surface area contributed by atoms with Gasteiger partial charge in [-0.1, -0.05) is 84.0 Å². The first-order valence-electron chi connectivity index (χ1n) is 10.1. The Balaban J connectivity index is 1.44. The third kappa shape index (κ3) is 5.58. The summed E-state index contributed by atoms with van der Waals surface area (Å²) in [6.45, 7) is 4.96. The quantitative estimate of drug-likeness (QED) is 0.430. The topological polar surface area (TPSA) is 12.0 Å². The van der Waals surface area contributed by atoms with Gasteiger partial charge >= 0.3 is 0 Å². The normalized spacial score (nSPS) is 21.6. The maximum atomic E-state index is 3.56. The molecular weight excluding hydrogens is 254 g/mol. The Kier molecular flexibility index (Phi) is 8.14. The molecule has 0 unspecified atom stereocenters. The molecule has 1 nitrogen and oxygen atoms in total. The van der Waals surface area contributed by atoms with Gasteiger partial charge in [0.1, 0.15) is 0 Å². The van der Waals surface area contributed by atoms with Crippen molar-refractivity contribution in [3.05, 3.63) is 0 Å². The predicted molar refractivity (Wildman–Crippen MR) is 93.7 cm³/mol. The second-order valence-electron chi connectivity index (χ2n) is 7.88. The molecule has 1 heteroatoms. The van der Waals surface area contributed by atoms with Crippen molar-refractivity contribution in [3.63, 3.8) is 0 Å². The highest BCUT2D eigenvalue weighted by molar-refractivity contribution is 4.98. The summed E-state index contributed by atoms with van der Waals surface area (Å²) < 4.78 is 0. The summed E-state index contributed by atoms with van der Waals surface area (Å²) >= 11 is 0. The summed E-state index contributed by atoms with van der Waals surface area (Å²) in [5.74, 6) is 1.07. The van der Waals surface area contributed by atoms with Crippen LogP contribution in [0.5, 0.6) is 0 Å². The zero-order valence-electron chi connectivity index (χ0n) is 14.6. The van der Waals surface area contributed by atoms with Crippen LogP contribution < -0.4 is 5.32 Å². The molecule has 0 amide bonds. The molecule has 0 bridgehead atoms. The summed E-state index contributed by atoms with van der Waals surface area (Å²) in [5, 5.41) is 3.56. The fourth-order valence-corrected chi connectivity index (χ4v) is 4.62. The van der Waals surface area contributed by atoms with E-state index in [-0.39, 0.29) is 0 Å². The lowest BCUT2D eigenvalue weighted by Gasteiger charge is -2.48. The molecule has 1 N–H and O–H groups in total. The Bertz CT molecular complexity index is 251. The smallest absolute Gasteiger partial charge is 0.00229 e. The number of unbranched alkanes of at least 4 members (excludes halogenated alkanes) is 9. The van der Waals surface area contributed by atoms with Crippen molar-refractivity contribution in [2.45, 2.75) is 103 Å². The molecule has 2 aliphatic rings. The molecule has 2 rings (SSSR count). The van der Waals surface area contributed by atoms with Gasteiger partial charge in [-0.25, -0.2) is 0 Å². The highest BCUT2D eigenvalue weighted by atomic mass is 15.0. The van der Waals surface area contributed by atoms with Crippen LogP contribution in [0.2, 0.25) is 0 Å². The van der Waals surface area contributed by atoms with Crippen LogP contribution >= 0.6 is 0 Å². The highest BCUT2D eigenvalue weighted by Gasteiger charge is 2.43. The van der Waals surface area contributed by atoms with Crippen molar-refractivity contribution in [1.29, 1.82) is 0 Å². The Hall–Kier alpha value is -0.0400. The number of rotatable bonds is 12. The molecule has 1 saturated carbocycles. The maximum Gasteiger partial charge on any atom is 0.00229 e. The van der Waals surface area contributed by atoms with Gasteiger partial charge in [0.2, 0.25) is 0 Å². The average molecular weight is 294 g/mol. The van der Waals surface area contributed by atoms with Crippen LogP contribution in [0.25, 0.3) is 0 Å². The fourth-order valence-electron chi connectivity index (χ4n) is 4.62. The van der Waals surface area contributed by atoms with Crippen LogP contribution in [-0.2, 0) is 0 Å². The van der Waals surface area contributed by atoms with Gasteiger partial charge in [0.15, 0.2) is 0 Å². The molecule has 0 atom stereocenters. The van der Waals surface area contributed by atoms with Crippen molar-refractivity contribution < 1.29 is 0 Å². The first-order chi connectivity index (χ1) is 10.4. The van der Waals surface area contributed by atoms with Crippen molar-refractivity contribution in [1.82, 2.24) is 5.32 Å². The Morgan fingerprint density at radius 1 is 0.762 bits per heavy atom. The second kappa shape index (κ2) is 9.87. The maximum absolute atomic E-state index is 3.56. The Labute approximate surface area is 133 Å². The lowest BCUT2D eigenvalue weighted by atomic mass is 9.66. The molecule has 0 aromatic rings. The van der Waals surface area contributed by atoms with Gasteiger partial charge in [-0.05, 0) is 30.6 Å². The van der Waals surface area contributed by atoms with Gasteiger partial charge in [0.25, 0.3) is 0 Å². The Morgan fingerprint density at radius 2 is 1.29 bits per heavy atom. The molecule has 21 heavy (non-hydrogen) atoms. The minimum atomic E-state index is 0.733. The summed E-state index contributed by atoms with van der Waals surface area (Å²) in [4.78, 5) is 0. The summed E-state index contributed by atoms with van der Waals surface area (Å²) in [6, 6.07) is 0. The zero-order chi connectivity index (χ0) is 14.8. The summed E-state index contributed by atoms with van der Waals surface area (Å²) in [7, 11) is 0. The SMILES string of the molecule is CCCCCCCCCCCCC1(C2CCCC2)CNC1. The average Bonchev–Trinajstić information content (AvgIpc) is 2.97. The monoisotopic (exact) mass is 293 g/mol. The summed E-state index contributed by atoms with van der Waals surface area (Å²) in [5.41, 5.74) is 0.733. The van der Waals surface area contributed by atoms with Gasteiger partial charge in [-0.2, -0.15) is 0 Å². The van der Waals surface area contributed by atoms with E-state index in [2.05, 4.69) is 12.2 Å². The van der Waals surface area contributed by atoms with E-state index in [0.717, 1.165) is 11.3 Å². The van der Waals surface area contributed by atoms with Crippen LogP contribution in [0, 0.1) is 11.3 Å². The predicted octanol–water partition coefficient (Wildman–Crippen LogP) is 6.08. The second-order valence-corrected chi connectivity index (χ2v) is 7.88. The van der Waals surface area contributed by atoms with Gasteiger partial charge in [0.05, 0.1) is 0 Å². The van der Waals surface area contributed by atoms with E-state index in [4.69, 9.17) is 0 Å². The van der Waals surface area contributed by atoms with Crippen LogP contribution in [0.4, 0.5) is 0 Å². The molecule has 0 radical (unpaired) electrons. The first-order valence-corrected chi connectivity index (χ1v) is 10.1. The molecule has 1 aliphatic carbocycles. The minimum absolute atomic E-state index is 0.733. The molecule has 1 aliphatic heterocycles. The number of hydrogen-bond acceptors (Lipinski definition) is 1. The van der Waals surface area contributed by atoms with Crippen molar-refractivity contribution in [3.8, 4) is 0 Å². The van der Waals surface area contributed by atoms with Crippen molar-refractivity contribution >= 4 is 0 Å². The van der Waals surface area contributed by atoms with Gasteiger partial charge in [-0.15, -0.1) is 0 Å². The van der Waals surface area contributed by atoms with E-state index in [1.54, 1.807) is 0 Å². The Morgan fingerprint density at radius 3 is 1.76 bits per heavy atom. The highest BCUT2D eigenvalue weighted by Crippen LogP contribution is 2.45. The van der Waals surface area contributed by atoms with Gasteiger partial charge in [-0.3, -0.25) is 0 Å². The zero-order valence-corrected chi connectivity index (χ0v) is 14.6. The molecule has 1 saturated heterocycles. The van der Waals surface area contributed by atoms with Crippen LogP contribution in [-0.4, -0.2) is 13.1 Å². The van der Waals surface area contributed by atoms with E-state index in [9.17, 15) is 0 Å². The van der Waals surface area contributed by atoms with E-state index in [0.29, 0.717) is 0 Å². The molecular formula is C20H39N. The fraction of sp³-hybridized carbons (Fsp3) is 1.00. The lowest BCUT2D eigenvalue weighted by Crippen LogP contribution is -2.57. The minimum Gasteiger partial charge on any atom is -0.316 e. The summed E-state index contributed by atoms with van der Waals surface area (Å²) in [6.07, 6.45) is 22.3. The standard InChI is InChI=1S/C20H39N/c1-2-3-4-5-6-7-8-9-10-13-16-20(17-21-18-20)19-14-11-12-15-19/h19,21H,2-18H2,1H3. The molecule has 1 heterocycles.